The molecule has 4 aromatic rings. The molecule has 0 amide bonds. The zero-order chi connectivity index (χ0) is 18.3. The molecule has 3 heterocycles. The number of aryl methyl sites for hydroxylation is 1. The third-order valence-corrected chi connectivity index (χ3v) is 4.14. The van der Waals surface area contributed by atoms with Crippen LogP contribution in [-0.2, 0) is 0 Å². The van der Waals surface area contributed by atoms with Crippen LogP contribution in [0.1, 0.15) is 11.3 Å². The van der Waals surface area contributed by atoms with Gasteiger partial charge in [-0.15, -0.1) is 5.10 Å². The van der Waals surface area contributed by atoms with Crippen LogP contribution in [0.5, 0.6) is 0 Å². The fourth-order valence-electron chi connectivity index (χ4n) is 2.95. The molecule has 128 valence electrons. The molecule has 0 spiro atoms. The Kier molecular flexibility index (Phi) is 3.69. The molecule has 3 N–H and O–H groups in total. The summed E-state index contributed by atoms with van der Waals surface area (Å²) >= 11 is 0. The average molecular weight is 346 g/mol. The molecule has 0 saturated heterocycles. The minimum atomic E-state index is -0.405. The summed E-state index contributed by atoms with van der Waals surface area (Å²) in [7, 11) is 0. The molecule has 0 atom stereocenters. The number of nitrogens with one attached hydrogen (secondary N) is 1. The standard InChI is InChI=1S/C19H15FN6/c1-11-9-14(12-5-4-8-23-10-12)16(17(21)22)19-24-18(25-26(11)19)13-6-2-3-7-15(13)20/h2-10H,1H3,(H3,21,22). The Morgan fingerprint density at radius 2 is 1.96 bits per heavy atom. The average Bonchev–Trinajstić information content (AvgIpc) is 3.07. The minimum Gasteiger partial charge on any atom is -0.384 e. The smallest absolute Gasteiger partial charge is 0.185 e. The molecular weight excluding hydrogens is 331 g/mol. The molecule has 0 bridgehead atoms. The number of hydrogen-bond donors (Lipinski definition) is 2. The van der Waals surface area contributed by atoms with Crippen molar-refractivity contribution in [3.63, 3.8) is 0 Å². The Labute approximate surface area is 148 Å². The number of hydrogen-bond acceptors (Lipinski definition) is 4. The lowest BCUT2D eigenvalue weighted by molar-refractivity contribution is 0.630. The number of nitrogen functional groups attached to an aromatic ring is 1. The van der Waals surface area contributed by atoms with Crippen LogP contribution in [0.25, 0.3) is 28.2 Å². The third kappa shape index (κ3) is 2.50. The van der Waals surface area contributed by atoms with Crippen LogP contribution in [0.3, 0.4) is 0 Å². The second kappa shape index (κ2) is 6.03. The van der Waals surface area contributed by atoms with Crippen molar-refractivity contribution in [3.05, 3.63) is 71.9 Å². The Morgan fingerprint density at radius 3 is 2.65 bits per heavy atom. The highest BCUT2D eigenvalue weighted by Crippen LogP contribution is 2.29. The van der Waals surface area contributed by atoms with E-state index in [1.807, 2.05) is 25.1 Å². The number of pyridine rings is 2. The van der Waals surface area contributed by atoms with Gasteiger partial charge in [-0.3, -0.25) is 10.4 Å². The van der Waals surface area contributed by atoms with Gasteiger partial charge in [0.1, 0.15) is 11.7 Å². The van der Waals surface area contributed by atoms with Gasteiger partial charge in [-0.2, -0.15) is 0 Å². The van der Waals surface area contributed by atoms with E-state index in [4.69, 9.17) is 11.1 Å². The maximum atomic E-state index is 14.1. The highest BCUT2D eigenvalue weighted by molar-refractivity contribution is 6.07. The van der Waals surface area contributed by atoms with Gasteiger partial charge in [-0.05, 0) is 36.8 Å². The second-order valence-corrected chi connectivity index (χ2v) is 5.88. The van der Waals surface area contributed by atoms with E-state index < -0.39 is 5.82 Å². The quantitative estimate of drug-likeness (QED) is 0.440. The van der Waals surface area contributed by atoms with Crippen molar-refractivity contribution in [2.24, 2.45) is 5.73 Å². The molecule has 0 saturated carbocycles. The van der Waals surface area contributed by atoms with Crippen LogP contribution < -0.4 is 5.73 Å². The van der Waals surface area contributed by atoms with Crippen LogP contribution in [0.15, 0.2) is 54.9 Å². The lowest BCUT2D eigenvalue weighted by Crippen LogP contribution is -2.15. The number of rotatable bonds is 3. The molecule has 4 rings (SSSR count). The van der Waals surface area contributed by atoms with Gasteiger partial charge in [-0.25, -0.2) is 13.9 Å². The van der Waals surface area contributed by atoms with E-state index in [0.29, 0.717) is 16.8 Å². The van der Waals surface area contributed by atoms with Crippen molar-refractivity contribution in [2.45, 2.75) is 6.92 Å². The third-order valence-electron chi connectivity index (χ3n) is 4.14. The maximum Gasteiger partial charge on any atom is 0.185 e. The van der Waals surface area contributed by atoms with E-state index in [1.54, 1.807) is 35.1 Å². The minimum absolute atomic E-state index is 0.138. The molecule has 1 aromatic carbocycles. The highest BCUT2D eigenvalue weighted by Gasteiger charge is 2.20. The summed E-state index contributed by atoms with van der Waals surface area (Å²) < 4.78 is 15.7. The van der Waals surface area contributed by atoms with Gasteiger partial charge in [0.2, 0.25) is 0 Å². The molecule has 0 aliphatic carbocycles. The first-order valence-electron chi connectivity index (χ1n) is 7.96. The summed E-state index contributed by atoms with van der Waals surface area (Å²) in [4.78, 5) is 8.61. The van der Waals surface area contributed by atoms with Gasteiger partial charge >= 0.3 is 0 Å². The van der Waals surface area contributed by atoms with E-state index in [9.17, 15) is 4.39 Å². The Balaban J connectivity index is 2.04. The number of benzene rings is 1. The maximum absolute atomic E-state index is 14.1. The van der Waals surface area contributed by atoms with Crippen molar-refractivity contribution < 1.29 is 4.39 Å². The van der Waals surface area contributed by atoms with Gasteiger partial charge in [0.25, 0.3) is 0 Å². The topological polar surface area (TPSA) is 93.0 Å². The van der Waals surface area contributed by atoms with Gasteiger partial charge in [0.05, 0.1) is 11.1 Å². The van der Waals surface area contributed by atoms with Gasteiger partial charge in [-0.1, -0.05) is 18.2 Å². The summed E-state index contributed by atoms with van der Waals surface area (Å²) in [5.74, 6) is -0.295. The van der Waals surface area contributed by atoms with E-state index >= 15 is 0 Å². The fraction of sp³-hybridized carbons (Fsp3) is 0.0526. The van der Waals surface area contributed by atoms with Crippen LogP contribution >= 0.6 is 0 Å². The van der Waals surface area contributed by atoms with E-state index in [0.717, 1.165) is 16.8 Å². The van der Waals surface area contributed by atoms with Crippen molar-refractivity contribution >= 4 is 11.5 Å². The second-order valence-electron chi connectivity index (χ2n) is 5.88. The van der Waals surface area contributed by atoms with E-state index in [1.165, 1.54) is 6.07 Å². The zero-order valence-electron chi connectivity index (χ0n) is 13.9. The number of aromatic nitrogens is 4. The molecule has 26 heavy (non-hydrogen) atoms. The number of halogens is 1. The number of amidine groups is 1. The number of fused-ring (bicyclic) bond motifs is 1. The molecule has 0 radical (unpaired) electrons. The SMILES string of the molecule is Cc1cc(-c2cccnc2)c(C(=N)N)c2nc(-c3ccccc3F)nn12. The summed E-state index contributed by atoms with van der Waals surface area (Å²) in [5, 5.41) is 12.5. The molecular formula is C19H15FN6. The molecule has 6 nitrogen and oxygen atoms in total. The fourth-order valence-corrected chi connectivity index (χ4v) is 2.95. The van der Waals surface area contributed by atoms with Crippen molar-refractivity contribution in [3.8, 4) is 22.5 Å². The van der Waals surface area contributed by atoms with Crippen molar-refractivity contribution in [2.75, 3.05) is 0 Å². The first-order chi connectivity index (χ1) is 12.6. The lowest BCUT2D eigenvalue weighted by Gasteiger charge is -2.11. The summed E-state index contributed by atoms with van der Waals surface area (Å²) in [6.07, 6.45) is 3.38. The molecule has 0 aliphatic heterocycles. The summed E-state index contributed by atoms with van der Waals surface area (Å²) in [6.45, 7) is 1.87. The van der Waals surface area contributed by atoms with Crippen LogP contribution in [0.4, 0.5) is 4.39 Å². The number of nitrogens with two attached hydrogens (primary N) is 1. The molecule has 7 heteroatoms. The highest BCUT2D eigenvalue weighted by atomic mass is 19.1. The van der Waals surface area contributed by atoms with Gasteiger partial charge < -0.3 is 5.73 Å². The predicted molar refractivity (Wildman–Crippen MR) is 97.4 cm³/mol. The van der Waals surface area contributed by atoms with Crippen molar-refractivity contribution in [1.29, 1.82) is 5.41 Å². The predicted octanol–water partition coefficient (Wildman–Crippen LogP) is 3.19. The largest absolute Gasteiger partial charge is 0.384 e. The normalized spacial score (nSPS) is 11.0. The Morgan fingerprint density at radius 1 is 1.15 bits per heavy atom. The lowest BCUT2D eigenvalue weighted by atomic mass is 10.0. The van der Waals surface area contributed by atoms with E-state index in [2.05, 4.69) is 15.1 Å². The van der Waals surface area contributed by atoms with Crippen molar-refractivity contribution in [1.82, 2.24) is 19.6 Å². The van der Waals surface area contributed by atoms with Gasteiger partial charge in [0, 0.05) is 23.7 Å². The zero-order valence-corrected chi connectivity index (χ0v) is 13.9. The van der Waals surface area contributed by atoms with Crippen LogP contribution in [-0.4, -0.2) is 25.4 Å². The van der Waals surface area contributed by atoms with Crippen LogP contribution in [0.2, 0.25) is 0 Å². The molecule has 0 aliphatic rings. The Bertz CT molecular complexity index is 1130. The molecule has 0 unspecified atom stereocenters. The first-order valence-corrected chi connectivity index (χ1v) is 7.96. The van der Waals surface area contributed by atoms with E-state index in [-0.39, 0.29) is 11.7 Å². The van der Waals surface area contributed by atoms with Crippen LogP contribution in [0, 0.1) is 18.2 Å². The summed E-state index contributed by atoms with van der Waals surface area (Å²) in [5.41, 5.74) is 9.36. The molecule has 3 aromatic heterocycles. The Hall–Kier alpha value is -3.61. The summed E-state index contributed by atoms with van der Waals surface area (Å²) in [6, 6.07) is 11.9. The molecule has 0 fully saturated rings. The van der Waals surface area contributed by atoms with Gasteiger partial charge in [0.15, 0.2) is 11.5 Å². The monoisotopic (exact) mass is 346 g/mol. The first kappa shape index (κ1) is 15.9. The number of nitrogens with zero attached hydrogens (tertiary/aromatic N) is 4.